The zero-order valence-electron chi connectivity index (χ0n) is 9.70. The molecular formula is C9H15N3O4S. The molecule has 1 N–H and O–H groups in total. The molecule has 0 amide bonds. The van der Waals surface area contributed by atoms with Crippen LogP contribution in [-0.4, -0.2) is 40.0 Å². The number of aromatic nitrogens is 3. The van der Waals surface area contributed by atoms with Gasteiger partial charge in [0.1, 0.15) is 23.7 Å². The molecule has 0 aliphatic heterocycles. The van der Waals surface area contributed by atoms with Crippen molar-refractivity contribution in [3.05, 3.63) is 12.2 Å². The molecule has 0 saturated carbocycles. The van der Waals surface area contributed by atoms with Crippen LogP contribution in [0.2, 0.25) is 0 Å². The maximum Gasteiger partial charge on any atom is 0.318 e. The van der Waals surface area contributed by atoms with Crippen LogP contribution < -0.4 is 0 Å². The smallest absolute Gasteiger partial charge is 0.318 e. The molecular weight excluding hydrogens is 246 g/mol. The molecule has 96 valence electrons. The van der Waals surface area contributed by atoms with E-state index in [0.717, 1.165) is 0 Å². The fraction of sp³-hybridized carbons (Fsp3) is 0.667. The third-order valence-corrected chi connectivity index (χ3v) is 3.31. The highest BCUT2D eigenvalue weighted by Crippen LogP contribution is 2.06. The Morgan fingerprint density at radius 1 is 1.53 bits per heavy atom. The van der Waals surface area contributed by atoms with E-state index in [1.165, 1.54) is 11.0 Å². The van der Waals surface area contributed by atoms with Gasteiger partial charge in [0, 0.05) is 6.54 Å². The molecule has 0 atom stereocenters. The van der Waals surface area contributed by atoms with Crippen LogP contribution in [0.15, 0.2) is 6.33 Å². The fourth-order valence-corrected chi connectivity index (χ4v) is 2.43. The standard InChI is InChI=1S/C9H15N3O4S/c1-7(2)3-12-8(10-6-11-12)4-17(15,16)5-9(13)14/h6-7H,3-5H2,1-2H3,(H,13,14). The van der Waals surface area contributed by atoms with Crippen molar-refractivity contribution in [2.45, 2.75) is 26.1 Å². The number of hydrogen-bond acceptors (Lipinski definition) is 5. The highest BCUT2D eigenvalue weighted by Gasteiger charge is 2.20. The van der Waals surface area contributed by atoms with E-state index in [4.69, 9.17) is 5.11 Å². The average molecular weight is 261 g/mol. The van der Waals surface area contributed by atoms with Crippen LogP contribution in [0.25, 0.3) is 0 Å². The monoisotopic (exact) mass is 261 g/mol. The Labute approximate surface area is 99.4 Å². The first kappa shape index (κ1) is 13.6. The molecule has 8 heteroatoms. The summed E-state index contributed by atoms with van der Waals surface area (Å²) < 4.78 is 24.5. The molecule has 0 aliphatic carbocycles. The van der Waals surface area contributed by atoms with Gasteiger partial charge in [-0.3, -0.25) is 4.79 Å². The molecule has 0 aromatic carbocycles. The number of sulfone groups is 1. The van der Waals surface area contributed by atoms with Crippen LogP contribution in [0.3, 0.4) is 0 Å². The highest BCUT2D eigenvalue weighted by molar-refractivity contribution is 7.91. The van der Waals surface area contributed by atoms with Crippen molar-refractivity contribution in [3.63, 3.8) is 0 Å². The summed E-state index contributed by atoms with van der Waals surface area (Å²) in [5.41, 5.74) is 0. The van der Waals surface area contributed by atoms with E-state index in [1.807, 2.05) is 13.8 Å². The molecule has 0 radical (unpaired) electrons. The number of aliphatic carboxylic acids is 1. The van der Waals surface area contributed by atoms with Crippen molar-refractivity contribution in [3.8, 4) is 0 Å². The molecule has 0 aliphatic rings. The van der Waals surface area contributed by atoms with Gasteiger partial charge in [0.2, 0.25) is 0 Å². The van der Waals surface area contributed by atoms with Crippen LogP contribution in [0.5, 0.6) is 0 Å². The Morgan fingerprint density at radius 2 is 2.18 bits per heavy atom. The van der Waals surface area contributed by atoms with Crippen molar-refractivity contribution >= 4 is 15.8 Å². The first-order valence-electron chi connectivity index (χ1n) is 5.09. The second-order valence-electron chi connectivity index (χ2n) is 4.18. The number of carbonyl (C=O) groups is 1. The van der Waals surface area contributed by atoms with Gasteiger partial charge in [-0.05, 0) is 5.92 Å². The first-order chi connectivity index (χ1) is 7.80. The van der Waals surface area contributed by atoms with Gasteiger partial charge in [-0.25, -0.2) is 18.1 Å². The number of hydrogen-bond donors (Lipinski definition) is 1. The van der Waals surface area contributed by atoms with E-state index in [9.17, 15) is 13.2 Å². The summed E-state index contributed by atoms with van der Waals surface area (Å²) in [6, 6.07) is 0. The van der Waals surface area contributed by atoms with Gasteiger partial charge in [0.25, 0.3) is 0 Å². The summed E-state index contributed by atoms with van der Waals surface area (Å²) in [4.78, 5) is 14.2. The normalized spacial score (nSPS) is 11.9. The molecule has 0 saturated heterocycles. The lowest BCUT2D eigenvalue weighted by Gasteiger charge is -2.08. The largest absolute Gasteiger partial charge is 0.480 e. The Balaban J connectivity index is 2.81. The zero-order chi connectivity index (χ0) is 13.1. The average Bonchev–Trinajstić information content (AvgIpc) is 2.48. The van der Waals surface area contributed by atoms with E-state index < -0.39 is 27.3 Å². The predicted molar refractivity (Wildman–Crippen MR) is 60.0 cm³/mol. The van der Waals surface area contributed by atoms with Crippen LogP contribution >= 0.6 is 0 Å². The van der Waals surface area contributed by atoms with Gasteiger partial charge >= 0.3 is 5.97 Å². The molecule has 0 fully saturated rings. The Hall–Kier alpha value is -1.44. The molecule has 1 aromatic rings. The van der Waals surface area contributed by atoms with E-state index >= 15 is 0 Å². The van der Waals surface area contributed by atoms with Gasteiger partial charge in [-0.1, -0.05) is 13.8 Å². The minimum absolute atomic E-state index is 0.278. The second-order valence-corrected chi connectivity index (χ2v) is 6.24. The number of nitrogens with zero attached hydrogens (tertiary/aromatic N) is 3. The molecule has 0 unspecified atom stereocenters. The predicted octanol–water partition coefficient (Wildman–Crippen LogP) is -0.0665. The van der Waals surface area contributed by atoms with Crippen molar-refractivity contribution in [1.82, 2.24) is 14.8 Å². The Morgan fingerprint density at radius 3 is 2.71 bits per heavy atom. The summed E-state index contributed by atoms with van der Waals surface area (Å²) in [6.07, 6.45) is 1.27. The minimum atomic E-state index is -3.68. The van der Waals surface area contributed by atoms with Gasteiger partial charge < -0.3 is 5.11 Å². The lowest BCUT2D eigenvalue weighted by atomic mass is 10.2. The molecule has 1 rings (SSSR count). The van der Waals surface area contributed by atoms with Crippen LogP contribution in [0.4, 0.5) is 0 Å². The Bertz CT molecular complexity index is 492. The molecule has 1 aromatic heterocycles. The highest BCUT2D eigenvalue weighted by atomic mass is 32.2. The summed E-state index contributed by atoms with van der Waals surface area (Å²) in [6.45, 7) is 4.49. The molecule has 7 nitrogen and oxygen atoms in total. The second kappa shape index (κ2) is 5.26. The fourth-order valence-electron chi connectivity index (χ4n) is 1.33. The zero-order valence-corrected chi connectivity index (χ0v) is 10.5. The first-order valence-corrected chi connectivity index (χ1v) is 6.91. The van der Waals surface area contributed by atoms with Crippen molar-refractivity contribution < 1.29 is 18.3 Å². The molecule has 0 bridgehead atoms. The van der Waals surface area contributed by atoms with Gasteiger partial charge in [0.05, 0.1) is 0 Å². The van der Waals surface area contributed by atoms with Crippen LogP contribution in [0.1, 0.15) is 19.7 Å². The minimum Gasteiger partial charge on any atom is -0.480 e. The summed E-state index contributed by atoms with van der Waals surface area (Å²) in [7, 11) is -3.68. The summed E-state index contributed by atoms with van der Waals surface area (Å²) in [5, 5.41) is 12.4. The van der Waals surface area contributed by atoms with E-state index in [2.05, 4.69) is 10.1 Å². The van der Waals surface area contributed by atoms with E-state index in [1.54, 1.807) is 0 Å². The SMILES string of the molecule is CC(C)Cn1ncnc1CS(=O)(=O)CC(=O)O. The van der Waals surface area contributed by atoms with E-state index in [0.29, 0.717) is 12.5 Å². The quantitative estimate of drug-likeness (QED) is 0.769. The summed E-state index contributed by atoms with van der Waals surface area (Å²) in [5.74, 6) is -2.06. The molecule has 0 spiro atoms. The number of carboxylic acid groups (broad SMARTS) is 1. The van der Waals surface area contributed by atoms with Crippen LogP contribution in [-0.2, 0) is 26.9 Å². The maximum absolute atomic E-state index is 11.5. The van der Waals surface area contributed by atoms with Gasteiger partial charge in [0.15, 0.2) is 9.84 Å². The van der Waals surface area contributed by atoms with Crippen LogP contribution in [0, 0.1) is 5.92 Å². The number of rotatable bonds is 6. The lowest BCUT2D eigenvalue weighted by molar-refractivity contribution is -0.134. The maximum atomic E-state index is 11.5. The topological polar surface area (TPSA) is 102 Å². The van der Waals surface area contributed by atoms with Crippen molar-refractivity contribution in [2.75, 3.05) is 5.75 Å². The van der Waals surface area contributed by atoms with Crippen molar-refractivity contribution in [1.29, 1.82) is 0 Å². The van der Waals surface area contributed by atoms with Gasteiger partial charge in [-0.2, -0.15) is 5.10 Å². The lowest BCUT2D eigenvalue weighted by Crippen LogP contribution is -2.20. The van der Waals surface area contributed by atoms with Gasteiger partial charge in [-0.15, -0.1) is 0 Å². The Kier molecular flexibility index (Phi) is 4.22. The molecule has 17 heavy (non-hydrogen) atoms. The molecule has 1 heterocycles. The summed E-state index contributed by atoms with van der Waals surface area (Å²) >= 11 is 0. The number of carboxylic acids is 1. The van der Waals surface area contributed by atoms with Crippen molar-refractivity contribution in [2.24, 2.45) is 5.92 Å². The third-order valence-electron chi connectivity index (χ3n) is 1.93. The van der Waals surface area contributed by atoms with E-state index in [-0.39, 0.29) is 5.82 Å². The third kappa shape index (κ3) is 4.51.